The standard InChI is InChI=1S/C21H24O3/c1-13(18-3-5-19(6-4-18)14(2)22)20(23)24-21-10-15-7-16(11-21)9-17(8-15)12-21/h3-6,15-17H,1,7-12H2,2H3. The maximum absolute atomic E-state index is 12.7. The van der Waals surface area contributed by atoms with Crippen molar-refractivity contribution in [2.24, 2.45) is 17.8 Å². The number of rotatable bonds is 4. The third-order valence-corrected chi connectivity index (χ3v) is 6.18. The van der Waals surface area contributed by atoms with Gasteiger partial charge in [-0.15, -0.1) is 0 Å². The molecule has 0 aromatic heterocycles. The predicted octanol–water partition coefficient (Wildman–Crippen LogP) is 4.41. The van der Waals surface area contributed by atoms with E-state index in [4.69, 9.17) is 4.74 Å². The molecule has 1 aromatic rings. The summed E-state index contributed by atoms with van der Waals surface area (Å²) in [6.45, 7) is 5.47. The summed E-state index contributed by atoms with van der Waals surface area (Å²) in [7, 11) is 0. The monoisotopic (exact) mass is 324 g/mol. The second-order valence-corrected chi connectivity index (χ2v) is 8.10. The molecule has 0 atom stereocenters. The number of carbonyl (C=O) groups excluding carboxylic acids is 2. The van der Waals surface area contributed by atoms with Crippen molar-refractivity contribution in [1.29, 1.82) is 0 Å². The fourth-order valence-corrected chi connectivity index (χ4v) is 5.44. The van der Waals surface area contributed by atoms with Crippen LogP contribution in [0.5, 0.6) is 0 Å². The van der Waals surface area contributed by atoms with Crippen molar-refractivity contribution in [3.63, 3.8) is 0 Å². The van der Waals surface area contributed by atoms with Gasteiger partial charge in [0.1, 0.15) is 5.60 Å². The summed E-state index contributed by atoms with van der Waals surface area (Å²) in [4.78, 5) is 24.0. The average molecular weight is 324 g/mol. The highest BCUT2D eigenvalue weighted by Crippen LogP contribution is 2.57. The van der Waals surface area contributed by atoms with E-state index in [0.29, 0.717) is 11.1 Å². The molecule has 4 aliphatic rings. The number of carbonyl (C=O) groups is 2. The third kappa shape index (κ3) is 2.70. The number of Topliss-reactive ketones (excluding diaryl/α,β-unsaturated/α-hetero) is 1. The van der Waals surface area contributed by atoms with E-state index in [2.05, 4.69) is 6.58 Å². The van der Waals surface area contributed by atoms with Gasteiger partial charge in [-0.2, -0.15) is 0 Å². The van der Waals surface area contributed by atoms with E-state index in [1.165, 1.54) is 26.2 Å². The van der Waals surface area contributed by atoms with E-state index >= 15 is 0 Å². The number of ether oxygens (including phenoxy) is 1. The minimum Gasteiger partial charge on any atom is -0.455 e. The Hall–Kier alpha value is -1.90. The van der Waals surface area contributed by atoms with Crippen LogP contribution in [0.3, 0.4) is 0 Å². The predicted molar refractivity (Wildman–Crippen MR) is 92.5 cm³/mol. The molecule has 0 heterocycles. The lowest BCUT2D eigenvalue weighted by Crippen LogP contribution is -2.52. The van der Waals surface area contributed by atoms with Gasteiger partial charge in [0.15, 0.2) is 5.78 Å². The Morgan fingerprint density at radius 2 is 1.42 bits per heavy atom. The summed E-state index contributed by atoms with van der Waals surface area (Å²) in [5, 5.41) is 0. The summed E-state index contributed by atoms with van der Waals surface area (Å²) in [6.07, 6.45) is 7.06. The van der Waals surface area contributed by atoms with Crippen molar-refractivity contribution < 1.29 is 14.3 Å². The quantitative estimate of drug-likeness (QED) is 0.468. The summed E-state index contributed by atoms with van der Waals surface area (Å²) in [5.41, 5.74) is 1.52. The van der Waals surface area contributed by atoms with Crippen LogP contribution >= 0.6 is 0 Å². The molecule has 0 saturated heterocycles. The van der Waals surface area contributed by atoms with E-state index in [1.807, 2.05) is 0 Å². The summed E-state index contributed by atoms with van der Waals surface area (Å²) >= 11 is 0. The zero-order valence-corrected chi connectivity index (χ0v) is 14.2. The Bertz CT molecular complexity index is 663. The summed E-state index contributed by atoms with van der Waals surface area (Å²) in [6, 6.07) is 7.03. The fourth-order valence-electron chi connectivity index (χ4n) is 5.44. The van der Waals surface area contributed by atoms with Gasteiger partial charge in [-0.3, -0.25) is 4.79 Å². The lowest BCUT2D eigenvalue weighted by atomic mass is 9.54. The van der Waals surface area contributed by atoms with Gasteiger partial charge >= 0.3 is 5.97 Å². The van der Waals surface area contributed by atoms with Gasteiger partial charge in [-0.05, 0) is 68.8 Å². The number of benzene rings is 1. The average Bonchev–Trinajstić information content (AvgIpc) is 2.52. The lowest BCUT2D eigenvalue weighted by Gasteiger charge is -2.55. The molecule has 0 radical (unpaired) electrons. The number of hydrogen-bond donors (Lipinski definition) is 0. The zero-order valence-electron chi connectivity index (χ0n) is 14.2. The van der Waals surface area contributed by atoms with Crippen molar-refractivity contribution >= 4 is 17.3 Å². The summed E-state index contributed by atoms with van der Waals surface area (Å²) < 4.78 is 6.04. The van der Waals surface area contributed by atoms with Crippen LogP contribution in [0.4, 0.5) is 0 Å². The molecule has 3 heteroatoms. The maximum atomic E-state index is 12.7. The van der Waals surface area contributed by atoms with Crippen LogP contribution in [0.1, 0.15) is 61.4 Å². The molecular formula is C21H24O3. The van der Waals surface area contributed by atoms with Gasteiger partial charge in [-0.1, -0.05) is 30.8 Å². The first-order valence-electron chi connectivity index (χ1n) is 8.98. The first-order chi connectivity index (χ1) is 11.4. The number of hydrogen-bond acceptors (Lipinski definition) is 3. The molecule has 5 rings (SSSR count). The van der Waals surface area contributed by atoms with Crippen LogP contribution in [0.25, 0.3) is 5.57 Å². The molecule has 4 aliphatic carbocycles. The molecule has 4 saturated carbocycles. The van der Waals surface area contributed by atoms with E-state index in [1.54, 1.807) is 24.3 Å². The highest BCUT2D eigenvalue weighted by Gasteiger charge is 2.53. The summed E-state index contributed by atoms with van der Waals surface area (Å²) in [5.74, 6) is 1.95. The Morgan fingerprint density at radius 3 is 1.88 bits per heavy atom. The van der Waals surface area contributed by atoms with E-state index in [0.717, 1.165) is 42.6 Å². The normalized spacial score (nSPS) is 33.3. The first kappa shape index (κ1) is 15.6. The number of esters is 1. The highest BCUT2D eigenvalue weighted by molar-refractivity contribution is 6.15. The zero-order chi connectivity index (χ0) is 16.9. The van der Waals surface area contributed by atoms with Gasteiger partial charge < -0.3 is 4.74 Å². The van der Waals surface area contributed by atoms with Gasteiger partial charge in [-0.25, -0.2) is 4.79 Å². The Balaban J connectivity index is 1.48. The van der Waals surface area contributed by atoms with Crippen LogP contribution < -0.4 is 0 Å². The SMILES string of the molecule is C=C(C(=O)OC12CC3CC(CC(C3)C1)C2)c1ccc(C(C)=O)cc1. The second kappa shape index (κ2) is 5.58. The third-order valence-electron chi connectivity index (χ3n) is 6.18. The molecule has 0 N–H and O–H groups in total. The van der Waals surface area contributed by atoms with Crippen molar-refractivity contribution in [1.82, 2.24) is 0 Å². The van der Waals surface area contributed by atoms with Crippen LogP contribution in [0.2, 0.25) is 0 Å². The molecular weight excluding hydrogens is 300 g/mol. The molecule has 4 bridgehead atoms. The molecule has 1 aromatic carbocycles. The lowest BCUT2D eigenvalue weighted by molar-refractivity contribution is -0.179. The molecule has 24 heavy (non-hydrogen) atoms. The molecule has 3 nitrogen and oxygen atoms in total. The van der Waals surface area contributed by atoms with Crippen molar-refractivity contribution in [3.8, 4) is 0 Å². The molecule has 4 fully saturated rings. The van der Waals surface area contributed by atoms with E-state index < -0.39 is 0 Å². The molecule has 0 spiro atoms. The Labute approximate surface area is 143 Å². The topological polar surface area (TPSA) is 43.4 Å². The molecule has 0 unspecified atom stereocenters. The van der Waals surface area contributed by atoms with Gasteiger partial charge in [0.25, 0.3) is 0 Å². The Morgan fingerprint density at radius 1 is 0.958 bits per heavy atom. The van der Waals surface area contributed by atoms with Crippen molar-refractivity contribution in [3.05, 3.63) is 42.0 Å². The van der Waals surface area contributed by atoms with Gasteiger partial charge in [0, 0.05) is 5.56 Å². The smallest absolute Gasteiger partial charge is 0.338 e. The van der Waals surface area contributed by atoms with Crippen LogP contribution in [-0.2, 0) is 9.53 Å². The first-order valence-corrected chi connectivity index (χ1v) is 8.98. The maximum Gasteiger partial charge on any atom is 0.338 e. The minimum absolute atomic E-state index is 0.0169. The molecule has 0 aliphatic heterocycles. The van der Waals surface area contributed by atoms with E-state index in [-0.39, 0.29) is 17.4 Å². The van der Waals surface area contributed by atoms with Crippen molar-refractivity contribution in [2.75, 3.05) is 0 Å². The number of ketones is 1. The second-order valence-electron chi connectivity index (χ2n) is 8.10. The molecule has 126 valence electrons. The minimum atomic E-state index is -0.299. The fraction of sp³-hybridized carbons (Fsp3) is 0.524. The van der Waals surface area contributed by atoms with Gasteiger partial charge in [0.05, 0.1) is 5.57 Å². The Kier molecular flexibility index (Phi) is 3.63. The molecule has 0 amide bonds. The van der Waals surface area contributed by atoms with Crippen LogP contribution in [0, 0.1) is 17.8 Å². The largest absolute Gasteiger partial charge is 0.455 e. The van der Waals surface area contributed by atoms with Crippen molar-refractivity contribution in [2.45, 2.75) is 51.0 Å². The van der Waals surface area contributed by atoms with Crippen LogP contribution in [-0.4, -0.2) is 17.4 Å². The highest BCUT2D eigenvalue weighted by atomic mass is 16.6. The van der Waals surface area contributed by atoms with E-state index in [9.17, 15) is 9.59 Å². The van der Waals surface area contributed by atoms with Gasteiger partial charge in [0.2, 0.25) is 0 Å². The van der Waals surface area contributed by atoms with Crippen LogP contribution in [0.15, 0.2) is 30.8 Å².